The monoisotopic (exact) mass is 567 g/mol. The van der Waals surface area contributed by atoms with Gasteiger partial charge in [0.15, 0.2) is 0 Å². The molecule has 214 valence electrons. The number of carbonyl (C=O) groups is 3. The van der Waals surface area contributed by atoms with Gasteiger partial charge in [-0.3, -0.25) is 14.4 Å². The quantitative estimate of drug-likeness (QED) is 0.210. The summed E-state index contributed by atoms with van der Waals surface area (Å²) >= 11 is 1.63. The third-order valence-corrected chi connectivity index (χ3v) is 10.3. The normalized spacial score (nSPS) is 26.7. The molecule has 0 aliphatic carbocycles. The Morgan fingerprint density at radius 2 is 2.05 bits per heavy atom. The first-order valence-corrected chi connectivity index (χ1v) is 14.9. The zero-order valence-electron chi connectivity index (χ0n) is 22.7. The van der Waals surface area contributed by atoms with E-state index < -0.39 is 22.6 Å². The first-order valence-electron chi connectivity index (χ1n) is 14.0. The maximum Gasteiger partial charge on any atom is 0.310 e. The summed E-state index contributed by atoms with van der Waals surface area (Å²) in [5.41, 5.74) is 1.54. The van der Waals surface area contributed by atoms with E-state index in [2.05, 4.69) is 23.5 Å². The van der Waals surface area contributed by atoms with Crippen molar-refractivity contribution < 1.29 is 24.2 Å². The van der Waals surface area contributed by atoms with Gasteiger partial charge in [-0.15, -0.1) is 30.0 Å². The molecule has 1 aromatic carbocycles. The molecular weight excluding hydrogens is 530 g/mol. The zero-order valence-corrected chi connectivity index (χ0v) is 23.5. The van der Waals surface area contributed by atoms with Crippen LogP contribution in [0.4, 0.5) is 0 Å². The molecular formula is C29H37N5O5S. The highest BCUT2D eigenvalue weighted by Crippen LogP contribution is 2.66. The SMILES string of the molecule is C=CCCOC(=O)[C@@H]1[C@@H]2CCC3(S2)C(C(=O)N(CC=C)Cn2nnc4ccccc42)N(CCCCCO)C(=O)[C@H]13. The number of aromatic nitrogens is 3. The van der Waals surface area contributed by atoms with Crippen molar-refractivity contribution in [2.45, 2.75) is 61.2 Å². The number of hydrogen-bond acceptors (Lipinski definition) is 8. The van der Waals surface area contributed by atoms with E-state index in [1.165, 1.54) is 0 Å². The summed E-state index contributed by atoms with van der Waals surface area (Å²) in [4.78, 5) is 45.2. The number of ether oxygens (including phenoxy) is 1. The number of esters is 1. The molecule has 2 aromatic rings. The van der Waals surface area contributed by atoms with Crippen LogP contribution in [0.2, 0.25) is 0 Å². The minimum atomic E-state index is -0.713. The number of rotatable bonds is 14. The third kappa shape index (κ3) is 4.94. The second-order valence-corrected chi connectivity index (χ2v) is 12.3. The fourth-order valence-corrected chi connectivity index (χ4v) is 8.78. The highest BCUT2D eigenvalue weighted by atomic mass is 32.2. The van der Waals surface area contributed by atoms with Crippen LogP contribution >= 0.6 is 11.8 Å². The largest absolute Gasteiger partial charge is 0.465 e. The fraction of sp³-hybridized carbons (Fsp3) is 0.552. The van der Waals surface area contributed by atoms with Crippen molar-refractivity contribution in [2.24, 2.45) is 11.8 Å². The summed E-state index contributed by atoms with van der Waals surface area (Å²) < 4.78 is 6.56. The van der Waals surface area contributed by atoms with Gasteiger partial charge in [0.05, 0.1) is 28.7 Å². The molecule has 5 rings (SSSR count). The molecule has 1 spiro atoms. The molecule has 11 heteroatoms. The maximum atomic E-state index is 14.5. The molecule has 3 fully saturated rings. The van der Waals surface area contributed by atoms with E-state index in [1.54, 1.807) is 38.4 Å². The number of carbonyl (C=O) groups excluding carboxylic acids is 3. The Bertz CT molecular complexity index is 1280. The van der Waals surface area contributed by atoms with Crippen molar-refractivity contribution in [1.29, 1.82) is 0 Å². The Kier molecular flexibility index (Phi) is 8.60. The number of likely N-dealkylation sites (tertiary alicyclic amines) is 1. The maximum absolute atomic E-state index is 14.5. The molecule has 40 heavy (non-hydrogen) atoms. The van der Waals surface area contributed by atoms with Gasteiger partial charge < -0.3 is 19.6 Å². The van der Waals surface area contributed by atoms with Gasteiger partial charge in [0.2, 0.25) is 11.8 Å². The van der Waals surface area contributed by atoms with Gasteiger partial charge in [0.1, 0.15) is 18.2 Å². The Hall–Kier alpha value is -3.18. The molecule has 3 aliphatic rings. The van der Waals surface area contributed by atoms with E-state index >= 15 is 0 Å². The molecule has 2 amide bonds. The van der Waals surface area contributed by atoms with Gasteiger partial charge in [-0.2, -0.15) is 0 Å². The van der Waals surface area contributed by atoms with Crippen LogP contribution in [0.5, 0.6) is 0 Å². The zero-order chi connectivity index (χ0) is 28.3. The summed E-state index contributed by atoms with van der Waals surface area (Å²) in [6.07, 6.45) is 7.39. The van der Waals surface area contributed by atoms with Gasteiger partial charge in [0, 0.05) is 24.9 Å². The Morgan fingerprint density at radius 3 is 2.83 bits per heavy atom. The average molecular weight is 568 g/mol. The minimum Gasteiger partial charge on any atom is -0.465 e. The van der Waals surface area contributed by atoms with Crippen LogP contribution in [0.15, 0.2) is 49.6 Å². The van der Waals surface area contributed by atoms with Crippen molar-refractivity contribution in [3.05, 3.63) is 49.6 Å². The van der Waals surface area contributed by atoms with E-state index in [0.717, 1.165) is 23.9 Å². The first-order chi connectivity index (χ1) is 19.5. The van der Waals surface area contributed by atoms with Gasteiger partial charge in [-0.25, -0.2) is 4.68 Å². The molecule has 5 atom stereocenters. The summed E-state index contributed by atoms with van der Waals surface area (Å²) in [5.74, 6) is -1.85. The fourth-order valence-electron chi connectivity index (χ4n) is 6.58. The number of fused-ring (bicyclic) bond motifs is 2. The number of unbranched alkanes of at least 4 members (excludes halogenated alkanes) is 2. The highest BCUT2D eigenvalue weighted by molar-refractivity contribution is 8.02. The number of aliphatic hydroxyl groups is 1. The van der Waals surface area contributed by atoms with E-state index in [1.807, 2.05) is 24.3 Å². The van der Waals surface area contributed by atoms with E-state index in [9.17, 15) is 19.5 Å². The Labute approximate surface area is 238 Å². The van der Waals surface area contributed by atoms with Gasteiger partial charge >= 0.3 is 5.97 Å². The minimum absolute atomic E-state index is 0.0517. The van der Waals surface area contributed by atoms with Gasteiger partial charge in [-0.05, 0) is 50.7 Å². The van der Waals surface area contributed by atoms with Crippen molar-refractivity contribution in [3.63, 3.8) is 0 Å². The standard InChI is InChI=1S/C29H37N5O5S/c1-3-5-18-39-28(38)23-22-13-14-29(40-22)24(23)26(36)33(16-9-6-10-17-35)25(29)27(37)32(15-4-2)19-34-21-12-8-7-11-20(21)30-31-34/h3-4,7-8,11-12,22-25,35H,1-2,5-6,9-10,13-19H2/t22-,23+,24-,25?,29?/m0/s1. The van der Waals surface area contributed by atoms with Crippen LogP contribution in [-0.4, -0.2) is 90.0 Å². The molecule has 0 saturated carbocycles. The number of thioether (sulfide) groups is 1. The first kappa shape index (κ1) is 28.4. The molecule has 2 bridgehead atoms. The molecule has 0 radical (unpaired) electrons. The number of aliphatic hydroxyl groups excluding tert-OH is 1. The summed E-state index contributed by atoms with van der Waals surface area (Å²) in [6, 6.07) is 6.85. The summed E-state index contributed by atoms with van der Waals surface area (Å²) in [7, 11) is 0. The predicted octanol–water partition coefficient (Wildman–Crippen LogP) is 2.78. The molecule has 10 nitrogen and oxygen atoms in total. The van der Waals surface area contributed by atoms with E-state index in [-0.39, 0.29) is 49.5 Å². The lowest BCUT2D eigenvalue weighted by Gasteiger charge is -2.37. The molecule has 1 aromatic heterocycles. The molecule has 3 aliphatic heterocycles. The molecule has 4 heterocycles. The molecule has 2 unspecified atom stereocenters. The van der Waals surface area contributed by atoms with Gasteiger partial charge in [-0.1, -0.05) is 29.5 Å². The van der Waals surface area contributed by atoms with Crippen molar-refractivity contribution in [3.8, 4) is 0 Å². The average Bonchev–Trinajstić information content (AvgIpc) is 3.70. The predicted molar refractivity (Wildman–Crippen MR) is 152 cm³/mol. The Balaban J connectivity index is 1.46. The van der Waals surface area contributed by atoms with Crippen molar-refractivity contribution >= 4 is 40.6 Å². The lowest BCUT2D eigenvalue weighted by Crippen LogP contribution is -2.55. The van der Waals surface area contributed by atoms with Crippen LogP contribution < -0.4 is 0 Å². The number of amides is 2. The number of benzene rings is 1. The number of nitrogens with zero attached hydrogens (tertiary/aromatic N) is 5. The molecule has 1 N–H and O–H groups in total. The van der Waals surface area contributed by atoms with Crippen LogP contribution in [0, 0.1) is 11.8 Å². The molecule has 3 saturated heterocycles. The van der Waals surface area contributed by atoms with E-state index in [4.69, 9.17) is 4.74 Å². The van der Waals surface area contributed by atoms with Crippen molar-refractivity contribution in [2.75, 3.05) is 26.3 Å². The lowest BCUT2D eigenvalue weighted by molar-refractivity contribution is -0.154. The smallest absolute Gasteiger partial charge is 0.310 e. The van der Waals surface area contributed by atoms with E-state index in [0.29, 0.717) is 32.2 Å². The highest BCUT2D eigenvalue weighted by Gasteiger charge is 2.74. The van der Waals surface area contributed by atoms with Crippen molar-refractivity contribution in [1.82, 2.24) is 24.8 Å². The van der Waals surface area contributed by atoms with Crippen LogP contribution in [0.3, 0.4) is 0 Å². The van der Waals surface area contributed by atoms with Crippen LogP contribution in [0.25, 0.3) is 11.0 Å². The summed E-state index contributed by atoms with van der Waals surface area (Å²) in [5, 5.41) is 17.7. The van der Waals surface area contributed by atoms with Crippen LogP contribution in [-0.2, 0) is 25.8 Å². The second-order valence-electron chi connectivity index (χ2n) is 10.7. The topological polar surface area (TPSA) is 118 Å². The Morgan fingerprint density at radius 1 is 1.23 bits per heavy atom. The third-order valence-electron chi connectivity index (χ3n) is 8.32. The number of para-hydroxylation sites is 1. The van der Waals surface area contributed by atoms with Crippen LogP contribution in [0.1, 0.15) is 38.5 Å². The lowest BCUT2D eigenvalue weighted by atomic mass is 9.71. The second kappa shape index (κ2) is 12.1. The van der Waals surface area contributed by atoms with Gasteiger partial charge in [0.25, 0.3) is 0 Å². The number of hydrogen-bond donors (Lipinski definition) is 1. The summed E-state index contributed by atoms with van der Waals surface area (Å²) in [6.45, 7) is 8.70.